The molecule has 1 unspecified atom stereocenters. The van der Waals surface area contributed by atoms with Gasteiger partial charge in [0.15, 0.2) is 0 Å². The Hall–Kier alpha value is -1.09. The van der Waals surface area contributed by atoms with Gasteiger partial charge in [0, 0.05) is 11.0 Å². The quantitative estimate of drug-likeness (QED) is 0.762. The van der Waals surface area contributed by atoms with Crippen LogP contribution in [0.15, 0.2) is 29.2 Å². The van der Waals surface area contributed by atoms with E-state index in [1.165, 1.54) is 4.88 Å². The topological polar surface area (TPSA) is 29.1 Å². The van der Waals surface area contributed by atoms with E-state index in [4.69, 9.17) is 0 Å². The molecule has 1 aromatic heterocycles. The van der Waals surface area contributed by atoms with Crippen LogP contribution < -0.4 is 5.32 Å². The number of thiophene rings is 1. The van der Waals surface area contributed by atoms with Crippen molar-refractivity contribution in [1.29, 1.82) is 0 Å². The van der Waals surface area contributed by atoms with Gasteiger partial charge < -0.3 is 5.32 Å². The van der Waals surface area contributed by atoms with Crippen molar-refractivity contribution >= 4 is 17.2 Å². The average molecular weight is 209 g/mol. The number of nitrogens with one attached hydrogen (secondary N) is 1. The summed E-state index contributed by atoms with van der Waals surface area (Å²) in [6.45, 7) is 5.81. The summed E-state index contributed by atoms with van der Waals surface area (Å²) in [5.41, 5.74) is 1.01. The van der Waals surface area contributed by atoms with Crippen molar-refractivity contribution in [2.75, 3.05) is 0 Å². The standard InChI is InChI=1S/C11H15NOS/c1-8(2)7-11(13)12-9(3)10-5-4-6-14-10/h4-7,9H,1-3H3,(H,12,13). The van der Waals surface area contributed by atoms with E-state index in [0.717, 1.165) is 5.57 Å². The van der Waals surface area contributed by atoms with E-state index in [9.17, 15) is 4.79 Å². The van der Waals surface area contributed by atoms with E-state index >= 15 is 0 Å². The van der Waals surface area contributed by atoms with Gasteiger partial charge in [0.1, 0.15) is 0 Å². The number of carbonyl (C=O) groups excluding carboxylic acids is 1. The first-order chi connectivity index (χ1) is 6.59. The Morgan fingerprint density at radius 1 is 1.57 bits per heavy atom. The molecule has 0 fully saturated rings. The molecule has 1 N–H and O–H groups in total. The molecule has 2 nitrogen and oxygen atoms in total. The zero-order valence-electron chi connectivity index (χ0n) is 8.70. The van der Waals surface area contributed by atoms with Gasteiger partial charge in [-0.25, -0.2) is 0 Å². The second kappa shape index (κ2) is 4.96. The molecule has 76 valence electrons. The van der Waals surface area contributed by atoms with Crippen LogP contribution in [0.2, 0.25) is 0 Å². The Morgan fingerprint density at radius 3 is 2.79 bits per heavy atom. The normalized spacial score (nSPS) is 11.9. The number of rotatable bonds is 3. The summed E-state index contributed by atoms with van der Waals surface area (Å²) in [5, 5.41) is 4.92. The third kappa shape index (κ3) is 3.34. The largest absolute Gasteiger partial charge is 0.345 e. The molecule has 0 saturated carbocycles. The molecule has 3 heteroatoms. The lowest BCUT2D eigenvalue weighted by Crippen LogP contribution is -2.24. The predicted octanol–water partition coefficient (Wildman–Crippen LogP) is 2.89. The summed E-state index contributed by atoms with van der Waals surface area (Å²) in [6, 6.07) is 4.11. The van der Waals surface area contributed by atoms with E-state index in [-0.39, 0.29) is 11.9 Å². The fraction of sp³-hybridized carbons (Fsp3) is 0.364. The minimum absolute atomic E-state index is 0.0223. The van der Waals surface area contributed by atoms with Crippen LogP contribution in [0, 0.1) is 0 Å². The summed E-state index contributed by atoms with van der Waals surface area (Å²) in [6.07, 6.45) is 1.62. The number of allylic oxidation sites excluding steroid dienone is 1. The molecule has 0 spiro atoms. The summed E-state index contributed by atoms with van der Waals surface area (Å²) in [5.74, 6) is -0.0223. The monoisotopic (exact) mass is 209 g/mol. The SMILES string of the molecule is CC(C)=CC(=O)NC(C)c1cccs1. The molecular formula is C11H15NOS. The molecule has 14 heavy (non-hydrogen) atoms. The van der Waals surface area contributed by atoms with Gasteiger partial charge in [-0.1, -0.05) is 11.6 Å². The van der Waals surface area contributed by atoms with Crippen molar-refractivity contribution in [2.24, 2.45) is 0 Å². The maximum atomic E-state index is 11.4. The lowest BCUT2D eigenvalue weighted by molar-refractivity contribution is -0.117. The van der Waals surface area contributed by atoms with Crippen molar-refractivity contribution in [3.63, 3.8) is 0 Å². The molecule has 0 bridgehead atoms. The highest BCUT2D eigenvalue weighted by molar-refractivity contribution is 7.10. The van der Waals surface area contributed by atoms with Gasteiger partial charge in [-0.15, -0.1) is 11.3 Å². The molecule has 0 aliphatic rings. The second-order valence-electron chi connectivity index (χ2n) is 3.47. The Bertz CT molecular complexity index is 323. The van der Waals surface area contributed by atoms with Crippen LogP contribution in [0.5, 0.6) is 0 Å². The molecule has 0 aromatic carbocycles. The predicted molar refractivity (Wildman–Crippen MR) is 60.3 cm³/mol. The first-order valence-electron chi connectivity index (χ1n) is 4.58. The van der Waals surface area contributed by atoms with Gasteiger partial charge in [-0.3, -0.25) is 4.79 Å². The minimum atomic E-state index is -0.0223. The fourth-order valence-corrected chi connectivity index (χ4v) is 1.86. The molecule has 0 saturated heterocycles. The summed E-state index contributed by atoms with van der Waals surface area (Å²) < 4.78 is 0. The molecule has 0 aliphatic heterocycles. The third-order valence-corrected chi connectivity index (χ3v) is 2.80. The maximum absolute atomic E-state index is 11.4. The number of amides is 1. The fourth-order valence-electron chi connectivity index (χ4n) is 1.13. The zero-order valence-corrected chi connectivity index (χ0v) is 9.52. The maximum Gasteiger partial charge on any atom is 0.244 e. The van der Waals surface area contributed by atoms with Crippen LogP contribution in [0.4, 0.5) is 0 Å². The van der Waals surface area contributed by atoms with Gasteiger partial charge >= 0.3 is 0 Å². The van der Waals surface area contributed by atoms with Crippen LogP contribution >= 0.6 is 11.3 Å². The number of hydrogen-bond acceptors (Lipinski definition) is 2. The highest BCUT2D eigenvalue weighted by Crippen LogP contribution is 2.17. The molecule has 0 aliphatic carbocycles. The van der Waals surface area contributed by atoms with Crippen LogP contribution in [-0.2, 0) is 4.79 Å². The van der Waals surface area contributed by atoms with E-state index in [0.29, 0.717) is 0 Å². The third-order valence-electron chi connectivity index (χ3n) is 1.75. The average Bonchev–Trinajstić information content (AvgIpc) is 2.53. The van der Waals surface area contributed by atoms with Gasteiger partial charge in [-0.2, -0.15) is 0 Å². The van der Waals surface area contributed by atoms with Crippen molar-refractivity contribution in [1.82, 2.24) is 5.32 Å². The van der Waals surface area contributed by atoms with Gasteiger partial charge in [0.05, 0.1) is 6.04 Å². The van der Waals surface area contributed by atoms with Gasteiger partial charge in [0.25, 0.3) is 0 Å². The highest BCUT2D eigenvalue weighted by Gasteiger charge is 2.07. The molecule has 1 atom stereocenters. The lowest BCUT2D eigenvalue weighted by Gasteiger charge is -2.10. The van der Waals surface area contributed by atoms with Crippen LogP contribution in [0.3, 0.4) is 0 Å². The molecule has 1 heterocycles. The minimum Gasteiger partial charge on any atom is -0.345 e. The Balaban J connectivity index is 2.54. The Morgan fingerprint density at radius 2 is 2.29 bits per heavy atom. The van der Waals surface area contributed by atoms with Gasteiger partial charge in [-0.05, 0) is 32.2 Å². The number of carbonyl (C=O) groups is 1. The summed E-state index contributed by atoms with van der Waals surface area (Å²) >= 11 is 1.66. The zero-order chi connectivity index (χ0) is 10.6. The van der Waals surface area contributed by atoms with E-state index < -0.39 is 0 Å². The molecular weight excluding hydrogens is 194 g/mol. The Kier molecular flexibility index (Phi) is 3.89. The van der Waals surface area contributed by atoms with Gasteiger partial charge in [0.2, 0.25) is 5.91 Å². The van der Waals surface area contributed by atoms with E-state index in [1.807, 2.05) is 38.3 Å². The molecule has 1 rings (SSSR count). The molecule has 1 amide bonds. The Labute approximate surface area is 88.6 Å². The number of hydrogen-bond donors (Lipinski definition) is 1. The highest BCUT2D eigenvalue weighted by atomic mass is 32.1. The van der Waals surface area contributed by atoms with Crippen molar-refractivity contribution in [3.05, 3.63) is 34.0 Å². The summed E-state index contributed by atoms with van der Waals surface area (Å²) in [7, 11) is 0. The van der Waals surface area contributed by atoms with E-state index in [2.05, 4.69) is 5.32 Å². The first-order valence-corrected chi connectivity index (χ1v) is 5.46. The summed E-state index contributed by atoms with van der Waals surface area (Å²) in [4.78, 5) is 12.6. The van der Waals surface area contributed by atoms with Crippen molar-refractivity contribution in [3.8, 4) is 0 Å². The van der Waals surface area contributed by atoms with Crippen LogP contribution in [0.25, 0.3) is 0 Å². The molecule has 0 radical (unpaired) electrons. The van der Waals surface area contributed by atoms with Crippen molar-refractivity contribution < 1.29 is 4.79 Å². The molecule has 1 aromatic rings. The van der Waals surface area contributed by atoms with Crippen LogP contribution in [-0.4, -0.2) is 5.91 Å². The smallest absolute Gasteiger partial charge is 0.244 e. The second-order valence-corrected chi connectivity index (χ2v) is 4.45. The first kappa shape index (κ1) is 11.0. The van der Waals surface area contributed by atoms with Crippen molar-refractivity contribution in [2.45, 2.75) is 26.8 Å². The van der Waals surface area contributed by atoms with Crippen LogP contribution in [0.1, 0.15) is 31.7 Å². The lowest BCUT2D eigenvalue weighted by atomic mass is 10.2. The van der Waals surface area contributed by atoms with E-state index in [1.54, 1.807) is 17.4 Å².